The van der Waals surface area contributed by atoms with Gasteiger partial charge in [-0.05, 0) is 76.7 Å². The van der Waals surface area contributed by atoms with E-state index in [1.54, 1.807) is 6.20 Å². The zero-order valence-corrected chi connectivity index (χ0v) is 31.5. The Balaban J connectivity index is 1.23. The SMILES string of the molecule is CCOC(=O)CN1CCN(Cc2cc(Nc3nccc(-c4ccc(N(C)CCN(C)COC(C)(C)C)nc4)n3)ccc2OCc2ccccc2)CC1. The van der Waals surface area contributed by atoms with E-state index in [0.717, 1.165) is 78.9 Å². The van der Waals surface area contributed by atoms with E-state index in [4.69, 9.17) is 24.2 Å². The molecule has 12 heteroatoms. The molecule has 4 aromatic rings. The maximum absolute atomic E-state index is 12.0. The van der Waals surface area contributed by atoms with Crippen molar-refractivity contribution in [3.63, 3.8) is 0 Å². The molecule has 0 spiro atoms. The molecule has 0 unspecified atom stereocenters. The first-order chi connectivity index (χ1) is 25.0. The van der Waals surface area contributed by atoms with E-state index in [9.17, 15) is 4.79 Å². The van der Waals surface area contributed by atoms with Crippen LogP contribution in [0, 0.1) is 0 Å². The highest BCUT2D eigenvalue weighted by Gasteiger charge is 2.21. The number of pyridine rings is 1. The Morgan fingerprint density at radius 2 is 1.69 bits per heavy atom. The van der Waals surface area contributed by atoms with Gasteiger partial charge in [0.15, 0.2) is 0 Å². The third-order valence-corrected chi connectivity index (χ3v) is 8.70. The number of aromatic nitrogens is 3. The second-order valence-electron chi connectivity index (χ2n) is 14.1. The number of rotatable bonds is 17. The number of carbonyl (C=O) groups is 1. The molecule has 0 saturated carbocycles. The minimum Gasteiger partial charge on any atom is -0.489 e. The van der Waals surface area contributed by atoms with E-state index in [1.807, 2.05) is 68.7 Å². The van der Waals surface area contributed by atoms with E-state index in [-0.39, 0.29) is 11.6 Å². The van der Waals surface area contributed by atoms with Gasteiger partial charge in [-0.3, -0.25) is 19.5 Å². The highest BCUT2D eigenvalue weighted by molar-refractivity contribution is 5.71. The number of carbonyl (C=O) groups excluding carboxylic acids is 1. The number of likely N-dealkylation sites (N-methyl/N-ethyl adjacent to an activating group) is 2. The molecule has 0 atom stereocenters. The summed E-state index contributed by atoms with van der Waals surface area (Å²) in [5.74, 6) is 2.05. The maximum Gasteiger partial charge on any atom is 0.320 e. The number of hydrogen-bond acceptors (Lipinski definition) is 12. The third kappa shape index (κ3) is 12.3. The fourth-order valence-electron chi connectivity index (χ4n) is 5.67. The van der Waals surface area contributed by atoms with Crippen molar-refractivity contribution in [3.8, 4) is 17.0 Å². The van der Waals surface area contributed by atoms with Crippen LogP contribution in [0.1, 0.15) is 38.8 Å². The van der Waals surface area contributed by atoms with Crippen LogP contribution in [0.2, 0.25) is 0 Å². The van der Waals surface area contributed by atoms with E-state index in [0.29, 0.717) is 39.0 Å². The van der Waals surface area contributed by atoms with Gasteiger partial charge >= 0.3 is 5.97 Å². The van der Waals surface area contributed by atoms with Gasteiger partial charge in [-0.2, -0.15) is 0 Å². The van der Waals surface area contributed by atoms with Gasteiger partial charge in [-0.25, -0.2) is 15.0 Å². The minimum absolute atomic E-state index is 0.162. The molecule has 0 amide bonds. The molecule has 1 N–H and O–H groups in total. The zero-order chi connectivity index (χ0) is 36.9. The molecule has 278 valence electrons. The Kier molecular flexibility index (Phi) is 13.9. The molecule has 3 heterocycles. The first kappa shape index (κ1) is 38.6. The molecule has 0 aliphatic carbocycles. The summed E-state index contributed by atoms with van der Waals surface area (Å²) in [6.07, 6.45) is 3.61. The monoisotopic (exact) mass is 710 g/mol. The van der Waals surface area contributed by atoms with Gasteiger partial charge in [0.25, 0.3) is 0 Å². The van der Waals surface area contributed by atoms with Crippen molar-refractivity contribution in [2.24, 2.45) is 0 Å². The van der Waals surface area contributed by atoms with Gasteiger partial charge in [0.2, 0.25) is 5.95 Å². The largest absolute Gasteiger partial charge is 0.489 e. The molecule has 1 saturated heterocycles. The smallest absolute Gasteiger partial charge is 0.320 e. The number of benzene rings is 2. The maximum atomic E-state index is 12.0. The molecule has 2 aromatic heterocycles. The number of ether oxygens (including phenoxy) is 3. The Morgan fingerprint density at radius 3 is 2.40 bits per heavy atom. The molecule has 0 radical (unpaired) electrons. The number of nitrogens with one attached hydrogen (secondary N) is 1. The summed E-state index contributed by atoms with van der Waals surface area (Å²) >= 11 is 0. The number of nitrogens with zero attached hydrogens (tertiary/aromatic N) is 7. The van der Waals surface area contributed by atoms with Gasteiger partial charge in [0.1, 0.15) is 18.2 Å². The minimum atomic E-state index is -0.171. The lowest BCUT2D eigenvalue weighted by Gasteiger charge is -2.34. The molecule has 1 aliphatic rings. The standard InChI is InChI=1S/C40H54N8O4/c1-7-50-38(49)28-48-23-21-47(22-24-48)27-33-25-34(14-15-36(33)51-29-31-11-9-8-10-12-31)43-39-41-18-17-35(44-39)32-13-16-37(42-26-32)46(6)20-19-45(5)30-52-40(2,3)4/h8-18,25-26H,7,19-24,27-30H2,1-6H3,(H,41,43,44). The predicted octanol–water partition coefficient (Wildman–Crippen LogP) is 5.68. The number of piperazine rings is 1. The van der Waals surface area contributed by atoms with Crippen LogP contribution in [0.5, 0.6) is 5.75 Å². The van der Waals surface area contributed by atoms with Crippen molar-refractivity contribution >= 4 is 23.4 Å². The molecule has 52 heavy (non-hydrogen) atoms. The molecule has 0 bridgehead atoms. The molecule has 2 aromatic carbocycles. The van der Waals surface area contributed by atoms with Crippen molar-refractivity contribution in [1.82, 2.24) is 29.7 Å². The Bertz CT molecular complexity index is 1690. The summed E-state index contributed by atoms with van der Waals surface area (Å²) in [6.45, 7) is 15.5. The fraction of sp³-hybridized carbons (Fsp3) is 0.450. The predicted molar refractivity (Wildman–Crippen MR) is 206 cm³/mol. The number of hydrogen-bond donors (Lipinski definition) is 1. The van der Waals surface area contributed by atoms with Crippen molar-refractivity contribution in [1.29, 1.82) is 0 Å². The topological polar surface area (TPSA) is 108 Å². The van der Waals surface area contributed by atoms with Gasteiger partial charge in [0, 0.05) is 82.1 Å². The lowest BCUT2D eigenvalue weighted by Crippen LogP contribution is -2.47. The van der Waals surface area contributed by atoms with Crippen LogP contribution in [0.4, 0.5) is 17.5 Å². The fourth-order valence-corrected chi connectivity index (χ4v) is 5.67. The summed E-state index contributed by atoms with van der Waals surface area (Å²) < 4.78 is 17.4. The molecule has 12 nitrogen and oxygen atoms in total. The van der Waals surface area contributed by atoms with Crippen LogP contribution in [0.25, 0.3) is 11.3 Å². The molecule has 1 aliphatic heterocycles. The first-order valence-corrected chi connectivity index (χ1v) is 18.0. The van der Waals surface area contributed by atoms with E-state index < -0.39 is 0 Å². The van der Waals surface area contributed by atoms with Crippen LogP contribution >= 0.6 is 0 Å². The van der Waals surface area contributed by atoms with Crippen LogP contribution < -0.4 is 15.0 Å². The van der Waals surface area contributed by atoms with Gasteiger partial charge in [-0.15, -0.1) is 0 Å². The molecular weight excluding hydrogens is 656 g/mol. The highest BCUT2D eigenvalue weighted by Crippen LogP contribution is 2.28. The van der Waals surface area contributed by atoms with Crippen molar-refractivity contribution in [2.75, 3.05) is 83.5 Å². The van der Waals surface area contributed by atoms with E-state index >= 15 is 0 Å². The average molecular weight is 711 g/mol. The van der Waals surface area contributed by atoms with Crippen molar-refractivity contribution in [2.45, 2.75) is 46.4 Å². The van der Waals surface area contributed by atoms with Crippen molar-refractivity contribution in [3.05, 3.63) is 90.3 Å². The molecular formula is C40H54N8O4. The van der Waals surface area contributed by atoms with Crippen LogP contribution in [-0.4, -0.2) is 114 Å². The normalized spacial score (nSPS) is 14.0. The quantitative estimate of drug-likeness (QED) is 0.108. The summed E-state index contributed by atoms with van der Waals surface area (Å²) in [5, 5.41) is 3.41. The van der Waals surface area contributed by atoms with Crippen LogP contribution in [0.3, 0.4) is 0 Å². The lowest BCUT2D eigenvalue weighted by molar-refractivity contribution is -0.144. The third-order valence-electron chi connectivity index (χ3n) is 8.70. The van der Waals surface area contributed by atoms with Gasteiger partial charge < -0.3 is 24.4 Å². The number of esters is 1. The van der Waals surface area contributed by atoms with Crippen molar-refractivity contribution < 1.29 is 19.0 Å². The summed E-state index contributed by atoms with van der Waals surface area (Å²) in [4.78, 5) is 34.9. The first-order valence-electron chi connectivity index (χ1n) is 18.0. The van der Waals surface area contributed by atoms with Crippen LogP contribution in [-0.2, 0) is 27.4 Å². The highest BCUT2D eigenvalue weighted by atomic mass is 16.5. The lowest BCUT2D eigenvalue weighted by atomic mass is 10.1. The van der Waals surface area contributed by atoms with Gasteiger partial charge in [-0.1, -0.05) is 30.3 Å². The summed E-state index contributed by atoms with van der Waals surface area (Å²) in [6, 6.07) is 22.2. The van der Waals surface area contributed by atoms with E-state index in [2.05, 4.69) is 75.9 Å². The second kappa shape index (κ2) is 18.7. The zero-order valence-electron chi connectivity index (χ0n) is 31.5. The second-order valence-corrected chi connectivity index (χ2v) is 14.1. The average Bonchev–Trinajstić information content (AvgIpc) is 3.14. The summed E-state index contributed by atoms with van der Waals surface area (Å²) in [7, 11) is 4.11. The Labute approximate surface area is 308 Å². The Hall–Kier alpha value is -4.62. The van der Waals surface area contributed by atoms with Crippen LogP contribution in [0.15, 0.2) is 79.1 Å². The summed E-state index contributed by atoms with van der Waals surface area (Å²) in [5.41, 5.74) is 4.57. The van der Waals surface area contributed by atoms with E-state index in [1.165, 1.54) is 0 Å². The Morgan fingerprint density at radius 1 is 0.923 bits per heavy atom. The van der Waals surface area contributed by atoms with Gasteiger partial charge in [0.05, 0.1) is 31.2 Å². The molecule has 1 fully saturated rings. The molecule has 5 rings (SSSR count). The number of anilines is 3.